The van der Waals surface area contributed by atoms with Gasteiger partial charge in [0, 0.05) is 29.6 Å². The molecule has 120 valence electrons. The number of hydrogen-bond acceptors (Lipinski definition) is 2. The fourth-order valence-corrected chi connectivity index (χ4v) is 3.20. The van der Waals surface area contributed by atoms with E-state index in [0.717, 1.165) is 32.4 Å². The monoisotopic (exact) mass is 321 g/mol. The van der Waals surface area contributed by atoms with E-state index in [2.05, 4.69) is 46.9 Å². The molecule has 5 heteroatoms. The Morgan fingerprint density at radius 3 is 2.86 bits per heavy atom. The molecule has 0 atom stereocenters. The number of carbonyl (C=O) groups is 1. The number of nitrogens with one attached hydrogen (secondary N) is 3. The molecule has 0 saturated carbocycles. The molecule has 1 aliphatic heterocycles. The molecule has 1 aromatic carbocycles. The Balaban J connectivity index is 0.00000176. The minimum Gasteiger partial charge on any atom is -0.361 e. The van der Waals surface area contributed by atoms with Crippen LogP contribution in [0.3, 0.4) is 0 Å². The molecule has 1 aliphatic rings. The molecule has 0 unspecified atom stereocenters. The number of H-pyrrole nitrogens is 1. The summed E-state index contributed by atoms with van der Waals surface area (Å²) >= 11 is 0. The molecule has 0 bridgehead atoms. The lowest BCUT2D eigenvalue weighted by atomic mass is 9.97. The van der Waals surface area contributed by atoms with Crippen molar-refractivity contribution in [3.8, 4) is 0 Å². The zero-order valence-electron chi connectivity index (χ0n) is 12.9. The Morgan fingerprint density at radius 1 is 1.32 bits per heavy atom. The van der Waals surface area contributed by atoms with Crippen LogP contribution in [0, 0.1) is 12.8 Å². The number of halogens is 1. The van der Waals surface area contributed by atoms with Crippen LogP contribution < -0.4 is 10.6 Å². The molecule has 0 radical (unpaired) electrons. The van der Waals surface area contributed by atoms with Gasteiger partial charge in [-0.2, -0.15) is 0 Å². The Morgan fingerprint density at radius 2 is 2.09 bits per heavy atom. The van der Waals surface area contributed by atoms with Crippen molar-refractivity contribution in [2.75, 3.05) is 19.6 Å². The van der Waals surface area contributed by atoms with Crippen LogP contribution in [0.5, 0.6) is 0 Å². The SMILES string of the molecule is Cc1cccc2[nH]cc(CCNC(=O)C3CCNCC3)c12.Cl. The summed E-state index contributed by atoms with van der Waals surface area (Å²) in [6, 6.07) is 6.30. The molecular weight excluding hydrogens is 298 g/mol. The highest BCUT2D eigenvalue weighted by Crippen LogP contribution is 2.22. The van der Waals surface area contributed by atoms with Crippen LogP contribution in [0.2, 0.25) is 0 Å². The van der Waals surface area contributed by atoms with E-state index in [0.29, 0.717) is 6.54 Å². The number of aromatic nitrogens is 1. The zero-order chi connectivity index (χ0) is 14.7. The molecule has 1 saturated heterocycles. The normalized spacial score (nSPS) is 15.5. The first-order valence-electron chi connectivity index (χ1n) is 7.79. The van der Waals surface area contributed by atoms with E-state index in [-0.39, 0.29) is 24.2 Å². The highest BCUT2D eigenvalue weighted by Gasteiger charge is 2.20. The van der Waals surface area contributed by atoms with Gasteiger partial charge in [-0.3, -0.25) is 4.79 Å². The second kappa shape index (κ2) is 7.65. The van der Waals surface area contributed by atoms with Gasteiger partial charge in [0.15, 0.2) is 0 Å². The van der Waals surface area contributed by atoms with Gasteiger partial charge >= 0.3 is 0 Å². The molecule has 2 aromatic rings. The Bertz CT molecular complexity index is 632. The second-order valence-electron chi connectivity index (χ2n) is 5.88. The zero-order valence-corrected chi connectivity index (χ0v) is 13.8. The molecule has 3 N–H and O–H groups in total. The van der Waals surface area contributed by atoms with Crippen molar-refractivity contribution >= 4 is 29.2 Å². The summed E-state index contributed by atoms with van der Waals surface area (Å²) in [7, 11) is 0. The molecule has 0 spiro atoms. The maximum atomic E-state index is 12.1. The van der Waals surface area contributed by atoms with Crippen molar-refractivity contribution in [1.82, 2.24) is 15.6 Å². The number of rotatable bonds is 4. The van der Waals surface area contributed by atoms with Crippen LogP contribution in [-0.2, 0) is 11.2 Å². The largest absolute Gasteiger partial charge is 0.361 e. The number of aromatic amines is 1. The van der Waals surface area contributed by atoms with Crippen molar-refractivity contribution in [2.45, 2.75) is 26.2 Å². The van der Waals surface area contributed by atoms with Gasteiger partial charge in [0.25, 0.3) is 0 Å². The van der Waals surface area contributed by atoms with Gasteiger partial charge in [-0.15, -0.1) is 12.4 Å². The summed E-state index contributed by atoms with van der Waals surface area (Å²) in [4.78, 5) is 15.4. The van der Waals surface area contributed by atoms with Gasteiger partial charge < -0.3 is 15.6 Å². The molecule has 0 aliphatic carbocycles. The first-order chi connectivity index (χ1) is 10.3. The third kappa shape index (κ3) is 3.62. The summed E-state index contributed by atoms with van der Waals surface area (Å²) in [5, 5.41) is 7.68. The topological polar surface area (TPSA) is 56.9 Å². The number of fused-ring (bicyclic) bond motifs is 1. The standard InChI is InChI=1S/C17H23N3O.ClH/c1-12-3-2-4-15-16(12)14(11-20-15)7-10-19-17(21)13-5-8-18-9-6-13;/h2-4,11,13,18,20H,5-10H2,1H3,(H,19,21);1H. The third-order valence-electron chi connectivity index (χ3n) is 4.40. The Hall–Kier alpha value is -1.52. The molecule has 4 nitrogen and oxygen atoms in total. The van der Waals surface area contributed by atoms with Gasteiger partial charge in [-0.25, -0.2) is 0 Å². The minimum atomic E-state index is 0. The lowest BCUT2D eigenvalue weighted by molar-refractivity contribution is -0.125. The Kier molecular flexibility index (Phi) is 5.86. The number of carbonyl (C=O) groups excluding carboxylic acids is 1. The van der Waals surface area contributed by atoms with E-state index in [1.54, 1.807) is 0 Å². The van der Waals surface area contributed by atoms with Crippen LogP contribution in [-0.4, -0.2) is 30.5 Å². The summed E-state index contributed by atoms with van der Waals surface area (Å²) in [5.74, 6) is 0.406. The summed E-state index contributed by atoms with van der Waals surface area (Å²) in [6.45, 7) is 4.76. The number of amides is 1. The van der Waals surface area contributed by atoms with E-state index in [1.807, 2.05) is 0 Å². The fraction of sp³-hybridized carbons (Fsp3) is 0.471. The van der Waals surface area contributed by atoms with Crippen molar-refractivity contribution in [1.29, 1.82) is 0 Å². The molecule has 1 fully saturated rings. The summed E-state index contributed by atoms with van der Waals surface area (Å²) in [6.07, 6.45) is 4.85. The number of aryl methyl sites for hydroxylation is 1. The maximum Gasteiger partial charge on any atom is 0.223 e. The lowest BCUT2D eigenvalue weighted by Gasteiger charge is -2.21. The van der Waals surface area contributed by atoms with Gasteiger partial charge in [-0.05, 0) is 56.5 Å². The van der Waals surface area contributed by atoms with Crippen molar-refractivity contribution in [3.63, 3.8) is 0 Å². The quantitative estimate of drug-likeness (QED) is 0.810. The van der Waals surface area contributed by atoms with E-state index in [4.69, 9.17) is 0 Å². The van der Waals surface area contributed by atoms with E-state index < -0.39 is 0 Å². The van der Waals surface area contributed by atoms with Crippen LogP contribution in [0.1, 0.15) is 24.0 Å². The number of piperidine rings is 1. The fourth-order valence-electron chi connectivity index (χ4n) is 3.20. The predicted molar refractivity (Wildman–Crippen MR) is 92.6 cm³/mol. The van der Waals surface area contributed by atoms with Crippen molar-refractivity contribution < 1.29 is 4.79 Å². The van der Waals surface area contributed by atoms with Gasteiger partial charge in [0.05, 0.1) is 0 Å². The number of benzene rings is 1. The molecular formula is C17H24ClN3O. The van der Waals surface area contributed by atoms with Crippen LogP contribution in [0.25, 0.3) is 10.9 Å². The predicted octanol–water partition coefficient (Wildman–Crippen LogP) is 2.56. The van der Waals surface area contributed by atoms with E-state index in [1.165, 1.54) is 22.0 Å². The Labute approximate surface area is 137 Å². The van der Waals surface area contributed by atoms with E-state index in [9.17, 15) is 4.79 Å². The molecule has 3 rings (SSSR count). The lowest BCUT2D eigenvalue weighted by Crippen LogP contribution is -2.38. The average molecular weight is 322 g/mol. The first-order valence-corrected chi connectivity index (χ1v) is 7.79. The van der Waals surface area contributed by atoms with Gasteiger partial charge in [-0.1, -0.05) is 12.1 Å². The van der Waals surface area contributed by atoms with Gasteiger partial charge in [0.1, 0.15) is 0 Å². The number of hydrogen-bond donors (Lipinski definition) is 3. The molecule has 2 heterocycles. The summed E-state index contributed by atoms with van der Waals surface area (Å²) in [5.41, 5.74) is 3.75. The molecule has 22 heavy (non-hydrogen) atoms. The van der Waals surface area contributed by atoms with Crippen LogP contribution in [0.4, 0.5) is 0 Å². The van der Waals surface area contributed by atoms with Gasteiger partial charge in [0.2, 0.25) is 5.91 Å². The van der Waals surface area contributed by atoms with Crippen molar-refractivity contribution in [3.05, 3.63) is 35.5 Å². The van der Waals surface area contributed by atoms with E-state index >= 15 is 0 Å². The molecule has 1 aromatic heterocycles. The van der Waals surface area contributed by atoms with Crippen LogP contribution in [0.15, 0.2) is 24.4 Å². The highest BCUT2D eigenvalue weighted by molar-refractivity contribution is 5.86. The molecule has 1 amide bonds. The first kappa shape index (κ1) is 16.8. The third-order valence-corrected chi connectivity index (χ3v) is 4.40. The summed E-state index contributed by atoms with van der Waals surface area (Å²) < 4.78 is 0. The van der Waals surface area contributed by atoms with Crippen LogP contribution >= 0.6 is 12.4 Å². The van der Waals surface area contributed by atoms with Crippen molar-refractivity contribution in [2.24, 2.45) is 5.92 Å². The second-order valence-corrected chi connectivity index (χ2v) is 5.88. The maximum absolute atomic E-state index is 12.1. The highest BCUT2D eigenvalue weighted by atomic mass is 35.5. The minimum absolute atomic E-state index is 0. The average Bonchev–Trinajstić information content (AvgIpc) is 2.93. The smallest absolute Gasteiger partial charge is 0.223 e.